The molecule has 1 aromatic rings. The van der Waals surface area contributed by atoms with Crippen LogP contribution in [0.3, 0.4) is 0 Å². The van der Waals surface area contributed by atoms with E-state index >= 15 is 0 Å². The van der Waals surface area contributed by atoms with Crippen LogP contribution < -0.4 is 10.5 Å². The summed E-state index contributed by atoms with van der Waals surface area (Å²) in [6.45, 7) is 8.20. The molecule has 0 aromatic carbocycles. The summed E-state index contributed by atoms with van der Waals surface area (Å²) in [6.07, 6.45) is 3.74. The highest BCUT2D eigenvalue weighted by molar-refractivity contribution is 7.99. The second-order valence-corrected chi connectivity index (χ2v) is 6.43. The number of anilines is 1. The molecule has 0 fully saturated rings. The fraction of sp³-hybridized carbons (Fsp3) is 0.643. The Morgan fingerprint density at radius 3 is 2.61 bits per heavy atom. The average molecular weight is 268 g/mol. The first-order valence-corrected chi connectivity index (χ1v) is 7.49. The van der Waals surface area contributed by atoms with Crippen LogP contribution in [0, 0.1) is 0 Å². The van der Waals surface area contributed by atoms with Crippen molar-refractivity contribution in [1.29, 1.82) is 0 Å². The summed E-state index contributed by atoms with van der Waals surface area (Å²) in [5.74, 6) is 1.64. The molecule has 1 aromatic heterocycles. The lowest BCUT2D eigenvalue weighted by Gasteiger charge is -2.21. The van der Waals surface area contributed by atoms with Crippen molar-refractivity contribution in [2.45, 2.75) is 57.6 Å². The molecule has 3 nitrogen and oxygen atoms in total. The van der Waals surface area contributed by atoms with Crippen LogP contribution in [-0.4, -0.2) is 16.3 Å². The summed E-state index contributed by atoms with van der Waals surface area (Å²) in [4.78, 5) is 4.47. The largest absolute Gasteiger partial charge is 0.470 e. The minimum atomic E-state index is -0.271. The Kier molecular flexibility index (Phi) is 5.79. The van der Waals surface area contributed by atoms with Gasteiger partial charge in [-0.3, -0.25) is 0 Å². The summed E-state index contributed by atoms with van der Waals surface area (Å²) >= 11 is 1.76. The van der Waals surface area contributed by atoms with E-state index < -0.39 is 0 Å². The normalized spacial score (nSPS) is 11.6. The quantitative estimate of drug-likeness (QED) is 0.622. The molecule has 0 saturated heterocycles. The summed E-state index contributed by atoms with van der Waals surface area (Å²) in [6, 6.07) is 3.83. The minimum Gasteiger partial charge on any atom is -0.470 e. The molecule has 0 spiro atoms. The van der Waals surface area contributed by atoms with Crippen LogP contribution in [0.5, 0.6) is 5.88 Å². The number of hydrogen-bond acceptors (Lipinski definition) is 4. The second kappa shape index (κ2) is 6.88. The number of hydrogen-bond donors (Lipinski definition) is 1. The number of nitrogens with zero attached hydrogens (tertiary/aromatic N) is 1. The first-order valence-electron chi connectivity index (χ1n) is 6.50. The second-order valence-electron chi connectivity index (χ2n) is 5.31. The lowest BCUT2D eigenvalue weighted by atomic mass is 10.2. The fourth-order valence-electron chi connectivity index (χ4n) is 1.42. The van der Waals surface area contributed by atoms with Gasteiger partial charge in [0, 0.05) is 0 Å². The van der Waals surface area contributed by atoms with E-state index in [2.05, 4.69) is 11.9 Å². The molecule has 0 bridgehead atoms. The highest BCUT2D eigenvalue weighted by atomic mass is 32.2. The maximum absolute atomic E-state index is 5.88. The van der Waals surface area contributed by atoms with E-state index in [0.29, 0.717) is 11.6 Å². The molecule has 0 aliphatic heterocycles. The van der Waals surface area contributed by atoms with Crippen molar-refractivity contribution in [1.82, 2.24) is 4.98 Å². The number of rotatable bonds is 6. The van der Waals surface area contributed by atoms with Crippen LogP contribution in [0.1, 0.15) is 47.0 Å². The Morgan fingerprint density at radius 1 is 1.28 bits per heavy atom. The Hall–Kier alpha value is -0.900. The van der Waals surface area contributed by atoms with Crippen molar-refractivity contribution >= 4 is 17.4 Å². The molecule has 1 heterocycles. The van der Waals surface area contributed by atoms with Crippen molar-refractivity contribution in [2.75, 3.05) is 11.5 Å². The highest BCUT2D eigenvalue weighted by Crippen LogP contribution is 2.27. The van der Waals surface area contributed by atoms with Gasteiger partial charge in [0.05, 0.1) is 5.69 Å². The van der Waals surface area contributed by atoms with E-state index in [1.54, 1.807) is 11.8 Å². The van der Waals surface area contributed by atoms with Gasteiger partial charge in [0.15, 0.2) is 0 Å². The summed E-state index contributed by atoms with van der Waals surface area (Å²) in [7, 11) is 0. The summed E-state index contributed by atoms with van der Waals surface area (Å²) in [5, 5.41) is 0.986. The maximum atomic E-state index is 5.88. The lowest BCUT2D eigenvalue weighted by molar-refractivity contribution is 0.124. The first kappa shape index (κ1) is 15.2. The standard InChI is InChI=1S/C14H24N2OS/c1-5-6-7-10-18-12-9-8-11(15)13(16-12)17-14(2,3)4/h8-9H,5-7,10,15H2,1-4H3. The summed E-state index contributed by atoms with van der Waals surface area (Å²) in [5.41, 5.74) is 6.20. The molecule has 0 amide bonds. The predicted molar refractivity (Wildman–Crippen MR) is 79.3 cm³/mol. The molecular weight excluding hydrogens is 244 g/mol. The van der Waals surface area contributed by atoms with Crippen LogP contribution in [-0.2, 0) is 0 Å². The molecular formula is C14H24N2OS. The zero-order chi connectivity index (χ0) is 13.6. The number of aromatic nitrogens is 1. The molecule has 0 atom stereocenters. The van der Waals surface area contributed by atoms with E-state index in [-0.39, 0.29) is 5.60 Å². The van der Waals surface area contributed by atoms with Crippen molar-refractivity contribution in [3.8, 4) is 5.88 Å². The molecule has 18 heavy (non-hydrogen) atoms. The Bertz CT molecular complexity index is 375. The van der Waals surface area contributed by atoms with Gasteiger partial charge in [-0.25, -0.2) is 4.98 Å². The Labute approximate surface area is 115 Å². The van der Waals surface area contributed by atoms with Crippen LogP contribution in [0.25, 0.3) is 0 Å². The molecule has 102 valence electrons. The Balaban J connectivity index is 2.63. The monoisotopic (exact) mass is 268 g/mol. The zero-order valence-electron chi connectivity index (χ0n) is 11.8. The number of unbranched alkanes of at least 4 members (excludes halogenated alkanes) is 2. The zero-order valence-corrected chi connectivity index (χ0v) is 12.6. The highest BCUT2D eigenvalue weighted by Gasteiger charge is 2.15. The van der Waals surface area contributed by atoms with Gasteiger partial charge in [-0.15, -0.1) is 11.8 Å². The van der Waals surface area contributed by atoms with Gasteiger partial charge in [-0.1, -0.05) is 19.8 Å². The van der Waals surface area contributed by atoms with Crippen LogP contribution in [0.2, 0.25) is 0 Å². The molecule has 0 radical (unpaired) electrons. The molecule has 0 aliphatic carbocycles. The lowest BCUT2D eigenvalue weighted by Crippen LogP contribution is -2.24. The summed E-state index contributed by atoms with van der Waals surface area (Å²) < 4.78 is 5.75. The van der Waals surface area contributed by atoms with Gasteiger partial charge >= 0.3 is 0 Å². The third-order valence-electron chi connectivity index (χ3n) is 2.26. The van der Waals surface area contributed by atoms with E-state index in [9.17, 15) is 0 Å². The Morgan fingerprint density at radius 2 is 2.00 bits per heavy atom. The van der Waals surface area contributed by atoms with E-state index in [1.165, 1.54) is 19.3 Å². The SMILES string of the molecule is CCCCCSc1ccc(N)c(OC(C)(C)C)n1. The van der Waals surface area contributed by atoms with Gasteiger partial charge in [0.2, 0.25) is 5.88 Å². The maximum Gasteiger partial charge on any atom is 0.238 e. The van der Waals surface area contributed by atoms with Crippen LogP contribution in [0.15, 0.2) is 17.2 Å². The smallest absolute Gasteiger partial charge is 0.238 e. The molecule has 0 aliphatic rings. The molecule has 2 N–H and O–H groups in total. The average Bonchev–Trinajstić information content (AvgIpc) is 2.27. The third-order valence-corrected chi connectivity index (χ3v) is 3.28. The van der Waals surface area contributed by atoms with Gasteiger partial charge in [0.1, 0.15) is 10.6 Å². The predicted octanol–water partition coefficient (Wildman–Crippen LogP) is 4.12. The minimum absolute atomic E-state index is 0.271. The van der Waals surface area contributed by atoms with Crippen molar-refractivity contribution in [2.24, 2.45) is 0 Å². The number of nitrogens with two attached hydrogens (primary N) is 1. The number of thioether (sulfide) groups is 1. The van der Waals surface area contributed by atoms with Gasteiger partial charge in [-0.05, 0) is 45.1 Å². The molecule has 4 heteroatoms. The third kappa shape index (κ3) is 5.63. The van der Waals surface area contributed by atoms with Gasteiger partial charge < -0.3 is 10.5 Å². The molecule has 0 saturated carbocycles. The van der Waals surface area contributed by atoms with Crippen LogP contribution >= 0.6 is 11.8 Å². The molecule has 0 unspecified atom stereocenters. The van der Waals surface area contributed by atoms with Gasteiger partial charge in [0.25, 0.3) is 0 Å². The van der Waals surface area contributed by atoms with E-state index in [1.807, 2.05) is 32.9 Å². The fourth-order valence-corrected chi connectivity index (χ4v) is 2.28. The van der Waals surface area contributed by atoms with E-state index in [4.69, 9.17) is 10.5 Å². The van der Waals surface area contributed by atoms with Gasteiger partial charge in [-0.2, -0.15) is 0 Å². The number of pyridine rings is 1. The number of ether oxygens (including phenoxy) is 1. The number of nitrogen functional groups attached to an aromatic ring is 1. The van der Waals surface area contributed by atoms with Crippen molar-refractivity contribution < 1.29 is 4.74 Å². The topological polar surface area (TPSA) is 48.1 Å². The first-order chi connectivity index (χ1) is 8.42. The van der Waals surface area contributed by atoms with Crippen LogP contribution in [0.4, 0.5) is 5.69 Å². The van der Waals surface area contributed by atoms with Crippen molar-refractivity contribution in [3.63, 3.8) is 0 Å². The van der Waals surface area contributed by atoms with Crippen molar-refractivity contribution in [3.05, 3.63) is 12.1 Å². The van der Waals surface area contributed by atoms with E-state index in [0.717, 1.165) is 10.8 Å². The molecule has 1 rings (SSSR count).